The van der Waals surface area contributed by atoms with Gasteiger partial charge in [-0.05, 0) is 6.08 Å². The van der Waals surface area contributed by atoms with Gasteiger partial charge in [-0.2, -0.15) is 4.39 Å². The molecule has 1 aromatic carbocycles. The normalized spacial score (nSPS) is 10.6. The largest absolute Gasteiger partial charge is 0.486 e. The Morgan fingerprint density at radius 3 is 2.67 bits per heavy atom. The van der Waals surface area contributed by atoms with Gasteiger partial charge in [0.2, 0.25) is 5.82 Å². The van der Waals surface area contributed by atoms with E-state index in [-0.39, 0.29) is 6.61 Å². The van der Waals surface area contributed by atoms with E-state index in [0.717, 1.165) is 12.2 Å². The van der Waals surface area contributed by atoms with E-state index < -0.39 is 34.0 Å². The molecule has 1 rings (SSSR count). The minimum Gasteiger partial charge on any atom is -0.486 e. The first kappa shape index (κ1) is 13.6. The monoisotopic (exact) mass is 259 g/mol. The maximum atomic E-state index is 13.2. The van der Waals surface area contributed by atoms with Gasteiger partial charge < -0.3 is 9.84 Å². The maximum absolute atomic E-state index is 13.2. The predicted molar refractivity (Wildman–Crippen MR) is 55.3 cm³/mol. The predicted octanol–water partition coefficient (Wildman–Crippen LogP) is 1.89. The summed E-state index contributed by atoms with van der Waals surface area (Å²) in [5.41, 5.74) is -0.999. The number of nitro benzene ring substituents is 1. The second-order valence-corrected chi connectivity index (χ2v) is 3.04. The number of halogens is 2. The molecular formula is C10H7F2NO5. The van der Waals surface area contributed by atoms with Crippen LogP contribution in [0.5, 0.6) is 5.75 Å². The highest BCUT2D eigenvalue weighted by Gasteiger charge is 2.18. The Morgan fingerprint density at radius 2 is 2.11 bits per heavy atom. The number of carboxylic acids is 1. The summed E-state index contributed by atoms with van der Waals surface area (Å²) in [6.07, 6.45) is 1.83. The van der Waals surface area contributed by atoms with Crippen LogP contribution in [0.3, 0.4) is 0 Å². The minimum absolute atomic E-state index is 0.305. The first-order chi connectivity index (χ1) is 8.41. The van der Waals surface area contributed by atoms with Crippen LogP contribution in [0.4, 0.5) is 14.5 Å². The molecule has 0 atom stereocenters. The van der Waals surface area contributed by atoms with Gasteiger partial charge in [-0.3, -0.25) is 10.1 Å². The molecule has 0 spiro atoms. The molecule has 1 N–H and O–H groups in total. The van der Waals surface area contributed by atoms with Gasteiger partial charge >= 0.3 is 11.7 Å². The molecule has 0 radical (unpaired) electrons. The van der Waals surface area contributed by atoms with Crippen LogP contribution in [0, 0.1) is 21.7 Å². The highest BCUT2D eigenvalue weighted by atomic mass is 19.1. The highest BCUT2D eigenvalue weighted by molar-refractivity contribution is 5.79. The van der Waals surface area contributed by atoms with Crippen LogP contribution in [-0.4, -0.2) is 22.6 Å². The van der Waals surface area contributed by atoms with Crippen molar-refractivity contribution in [3.8, 4) is 5.75 Å². The number of hydrogen-bond acceptors (Lipinski definition) is 4. The molecule has 0 heterocycles. The lowest BCUT2D eigenvalue weighted by molar-refractivity contribution is -0.387. The number of carboxylic acid groups (broad SMARTS) is 1. The minimum atomic E-state index is -1.24. The molecule has 0 aliphatic carbocycles. The summed E-state index contributed by atoms with van der Waals surface area (Å²) >= 11 is 0. The number of nitrogens with zero attached hydrogens (tertiary/aromatic N) is 1. The zero-order valence-corrected chi connectivity index (χ0v) is 8.80. The molecular weight excluding hydrogens is 252 g/mol. The third kappa shape index (κ3) is 3.51. The molecule has 0 aromatic heterocycles. The number of benzene rings is 1. The molecule has 0 amide bonds. The fraction of sp³-hybridized carbons (Fsp3) is 0.100. The SMILES string of the molecule is O=C(O)C=CCOc1cc(F)c([N+](=O)[O-])cc1F. The molecule has 1 aromatic rings. The van der Waals surface area contributed by atoms with Crippen molar-refractivity contribution >= 4 is 11.7 Å². The molecule has 96 valence electrons. The van der Waals surface area contributed by atoms with E-state index >= 15 is 0 Å². The van der Waals surface area contributed by atoms with Gasteiger partial charge in [-0.15, -0.1) is 0 Å². The second-order valence-electron chi connectivity index (χ2n) is 3.04. The van der Waals surface area contributed by atoms with Gasteiger partial charge in [-0.1, -0.05) is 0 Å². The second kappa shape index (κ2) is 5.71. The van der Waals surface area contributed by atoms with E-state index in [1.807, 2.05) is 0 Å². The Bertz CT molecular complexity index is 515. The Morgan fingerprint density at radius 1 is 1.44 bits per heavy atom. The van der Waals surface area contributed by atoms with Crippen molar-refractivity contribution in [3.05, 3.63) is 46.0 Å². The van der Waals surface area contributed by atoms with Crippen molar-refractivity contribution in [2.45, 2.75) is 0 Å². The summed E-state index contributed by atoms with van der Waals surface area (Å²) < 4.78 is 31.1. The lowest BCUT2D eigenvalue weighted by atomic mass is 10.3. The molecule has 0 bridgehead atoms. The number of ether oxygens (including phenoxy) is 1. The fourth-order valence-corrected chi connectivity index (χ4v) is 1.06. The van der Waals surface area contributed by atoms with E-state index in [2.05, 4.69) is 0 Å². The third-order valence-corrected chi connectivity index (χ3v) is 1.79. The van der Waals surface area contributed by atoms with Gasteiger partial charge in [0.15, 0.2) is 11.6 Å². The highest BCUT2D eigenvalue weighted by Crippen LogP contribution is 2.26. The smallest absolute Gasteiger partial charge is 0.328 e. The molecule has 8 heteroatoms. The van der Waals surface area contributed by atoms with Crippen LogP contribution in [0.1, 0.15) is 0 Å². The van der Waals surface area contributed by atoms with Crippen molar-refractivity contribution in [3.63, 3.8) is 0 Å². The topological polar surface area (TPSA) is 89.7 Å². The average Bonchev–Trinajstić information content (AvgIpc) is 2.27. The molecule has 0 unspecified atom stereocenters. The van der Waals surface area contributed by atoms with Gasteiger partial charge in [0, 0.05) is 12.1 Å². The first-order valence-corrected chi connectivity index (χ1v) is 4.57. The van der Waals surface area contributed by atoms with Crippen LogP contribution in [0.2, 0.25) is 0 Å². The van der Waals surface area contributed by atoms with Crippen LogP contribution >= 0.6 is 0 Å². The Balaban J connectivity index is 2.82. The van der Waals surface area contributed by atoms with E-state index in [1.54, 1.807) is 0 Å². The van der Waals surface area contributed by atoms with E-state index in [9.17, 15) is 23.7 Å². The van der Waals surface area contributed by atoms with E-state index in [1.165, 1.54) is 0 Å². The molecule has 0 saturated heterocycles. The summed E-state index contributed by atoms with van der Waals surface area (Å²) in [6, 6.07) is 0.924. The molecule has 18 heavy (non-hydrogen) atoms. The summed E-state index contributed by atoms with van der Waals surface area (Å²) in [4.78, 5) is 19.3. The lowest BCUT2D eigenvalue weighted by Gasteiger charge is -2.04. The van der Waals surface area contributed by atoms with Crippen molar-refractivity contribution in [2.24, 2.45) is 0 Å². The quantitative estimate of drug-likeness (QED) is 0.495. The Labute approximate surface area is 99.3 Å². The van der Waals surface area contributed by atoms with Crippen LogP contribution < -0.4 is 4.74 Å². The van der Waals surface area contributed by atoms with Crippen LogP contribution in [0.25, 0.3) is 0 Å². The van der Waals surface area contributed by atoms with E-state index in [0.29, 0.717) is 12.1 Å². The van der Waals surface area contributed by atoms with Crippen molar-refractivity contribution in [2.75, 3.05) is 6.61 Å². The van der Waals surface area contributed by atoms with Gasteiger partial charge in [0.05, 0.1) is 11.0 Å². The number of nitro groups is 1. The van der Waals surface area contributed by atoms with Gasteiger partial charge in [-0.25, -0.2) is 9.18 Å². The third-order valence-electron chi connectivity index (χ3n) is 1.79. The molecule has 0 aliphatic heterocycles. The summed E-state index contributed by atoms with van der Waals surface area (Å²) in [5.74, 6) is -4.09. The van der Waals surface area contributed by atoms with Crippen molar-refractivity contribution < 1.29 is 28.3 Å². The van der Waals surface area contributed by atoms with Crippen LogP contribution in [-0.2, 0) is 4.79 Å². The lowest BCUT2D eigenvalue weighted by Crippen LogP contribution is -2.00. The molecule has 0 fully saturated rings. The van der Waals surface area contributed by atoms with Crippen molar-refractivity contribution in [1.29, 1.82) is 0 Å². The summed E-state index contributed by atoms with van der Waals surface area (Å²) in [6.45, 7) is -0.305. The molecule has 0 saturated carbocycles. The Kier molecular flexibility index (Phi) is 4.30. The first-order valence-electron chi connectivity index (χ1n) is 4.57. The number of aliphatic carboxylic acids is 1. The number of rotatable bonds is 5. The van der Waals surface area contributed by atoms with Gasteiger partial charge in [0.25, 0.3) is 0 Å². The average molecular weight is 259 g/mol. The Hall–Kier alpha value is -2.51. The standard InChI is InChI=1S/C10H7F2NO5/c11-6-5-9(18-3-1-2-10(14)15)7(12)4-8(6)13(16)17/h1-2,4-5H,3H2,(H,14,15). The van der Waals surface area contributed by atoms with E-state index in [4.69, 9.17) is 9.84 Å². The zero-order valence-electron chi connectivity index (χ0n) is 8.80. The summed E-state index contributed by atoms with van der Waals surface area (Å²) in [7, 11) is 0. The zero-order chi connectivity index (χ0) is 13.7. The number of hydrogen-bond donors (Lipinski definition) is 1. The summed E-state index contributed by atoms with van der Waals surface area (Å²) in [5, 5.41) is 18.6. The number of carbonyl (C=O) groups is 1. The van der Waals surface area contributed by atoms with Crippen molar-refractivity contribution in [1.82, 2.24) is 0 Å². The van der Waals surface area contributed by atoms with Crippen LogP contribution in [0.15, 0.2) is 24.3 Å². The van der Waals surface area contributed by atoms with Gasteiger partial charge in [0.1, 0.15) is 6.61 Å². The molecule has 0 aliphatic rings. The molecule has 6 nitrogen and oxygen atoms in total. The maximum Gasteiger partial charge on any atom is 0.328 e. The fourth-order valence-electron chi connectivity index (χ4n) is 1.06.